The predicted octanol–water partition coefficient (Wildman–Crippen LogP) is 2.55. The first-order chi connectivity index (χ1) is 8.28. The van der Waals surface area contributed by atoms with Crippen LogP contribution in [0.4, 0.5) is 4.79 Å². The number of Topliss-reactive ketones (excluding diaryl/α,β-unsaturated/α-hetero) is 1. The molecule has 6 heteroatoms. The lowest BCUT2D eigenvalue weighted by atomic mass is 10.2. The van der Waals surface area contributed by atoms with Crippen LogP contribution in [0.25, 0.3) is 0 Å². The maximum Gasteiger partial charge on any atom is 0.408 e. The first-order valence-electron chi connectivity index (χ1n) is 5.38. The molecule has 5 nitrogen and oxygen atoms in total. The molecular weight excluding hydrogens is 300 g/mol. The van der Waals surface area contributed by atoms with Crippen molar-refractivity contribution < 1.29 is 14.3 Å². The van der Waals surface area contributed by atoms with Crippen LogP contribution in [0.3, 0.4) is 0 Å². The van der Waals surface area contributed by atoms with Gasteiger partial charge in [0, 0.05) is 22.4 Å². The Morgan fingerprint density at radius 1 is 1.39 bits per heavy atom. The van der Waals surface area contributed by atoms with Gasteiger partial charge in [-0.15, -0.1) is 0 Å². The Bertz CT molecular complexity index is 455. The van der Waals surface area contributed by atoms with Crippen molar-refractivity contribution in [2.45, 2.75) is 26.4 Å². The lowest BCUT2D eigenvalue weighted by molar-refractivity contribution is 0.0520. The maximum atomic E-state index is 11.7. The van der Waals surface area contributed by atoms with Gasteiger partial charge < -0.3 is 10.1 Å². The molecule has 1 heterocycles. The van der Waals surface area contributed by atoms with Crippen LogP contribution >= 0.6 is 15.9 Å². The minimum atomic E-state index is -0.612. The summed E-state index contributed by atoms with van der Waals surface area (Å²) < 4.78 is 5.73. The van der Waals surface area contributed by atoms with Gasteiger partial charge in [-0.3, -0.25) is 9.78 Å². The van der Waals surface area contributed by atoms with E-state index in [2.05, 4.69) is 26.2 Å². The third kappa shape index (κ3) is 5.27. The number of nitrogens with one attached hydrogen (secondary N) is 1. The van der Waals surface area contributed by atoms with Gasteiger partial charge in [-0.25, -0.2) is 4.79 Å². The summed E-state index contributed by atoms with van der Waals surface area (Å²) in [5, 5.41) is 2.40. The molecule has 1 amide bonds. The molecule has 0 aliphatic heterocycles. The largest absolute Gasteiger partial charge is 0.444 e. The van der Waals surface area contributed by atoms with E-state index in [1.165, 1.54) is 6.20 Å². The van der Waals surface area contributed by atoms with E-state index in [1.54, 1.807) is 33.0 Å². The van der Waals surface area contributed by atoms with Gasteiger partial charge in [0.1, 0.15) is 5.60 Å². The zero-order chi connectivity index (χ0) is 13.8. The Balaban J connectivity index is 2.49. The quantitative estimate of drug-likeness (QED) is 0.871. The molecule has 1 rings (SSSR count). The monoisotopic (exact) mass is 314 g/mol. The highest BCUT2D eigenvalue weighted by Crippen LogP contribution is 2.10. The summed E-state index contributed by atoms with van der Waals surface area (Å²) in [5.74, 6) is -0.227. The Hall–Kier alpha value is -1.43. The van der Waals surface area contributed by atoms with Gasteiger partial charge in [-0.2, -0.15) is 0 Å². The van der Waals surface area contributed by atoms with Crippen molar-refractivity contribution in [3.05, 3.63) is 28.5 Å². The van der Waals surface area contributed by atoms with E-state index in [0.29, 0.717) is 10.0 Å². The summed E-state index contributed by atoms with van der Waals surface area (Å²) in [6.45, 7) is 5.15. The van der Waals surface area contributed by atoms with Crippen LogP contribution in [0.1, 0.15) is 31.1 Å². The van der Waals surface area contributed by atoms with Crippen molar-refractivity contribution >= 4 is 27.8 Å². The van der Waals surface area contributed by atoms with E-state index in [9.17, 15) is 9.59 Å². The lowest BCUT2D eigenvalue weighted by Gasteiger charge is -2.19. The molecule has 0 aliphatic carbocycles. The molecule has 0 aromatic carbocycles. The van der Waals surface area contributed by atoms with E-state index in [-0.39, 0.29) is 12.3 Å². The van der Waals surface area contributed by atoms with Crippen molar-refractivity contribution in [2.24, 2.45) is 0 Å². The van der Waals surface area contributed by atoms with E-state index in [0.717, 1.165) is 0 Å². The van der Waals surface area contributed by atoms with Crippen molar-refractivity contribution in [2.75, 3.05) is 6.54 Å². The third-order valence-electron chi connectivity index (χ3n) is 1.82. The molecule has 1 aromatic heterocycles. The Morgan fingerprint density at radius 3 is 2.61 bits per heavy atom. The molecule has 98 valence electrons. The molecule has 0 saturated heterocycles. The second-order valence-electron chi connectivity index (χ2n) is 4.67. The molecule has 0 radical (unpaired) electrons. The first-order valence-corrected chi connectivity index (χ1v) is 6.18. The van der Waals surface area contributed by atoms with E-state index in [4.69, 9.17) is 4.74 Å². The van der Waals surface area contributed by atoms with E-state index >= 15 is 0 Å². The lowest BCUT2D eigenvalue weighted by Crippen LogP contribution is -2.35. The number of ether oxygens (including phenoxy) is 1. The molecule has 0 atom stereocenters. The van der Waals surface area contributed by atoms with Crippen molar-refractivity contribution in [3.8, 4) is 0 Å². The third-order valence-corrected chi connectivity index (χ3v) is 2.25. The Morgan fingerprint density at radius 2 is 2.06 bits per heavy atom. The van der Waals surface area contributed by atoms with E-state index < -0.39 is 11.7 Å². The van der Waals surface area contributed by atoms with Crippen LogP contribution in [0.15, 0.2) is 22.9 Å². The normalized spacial score (nSPS) is 10.9. The smallest absolute Gasteiger partial charge is 0.408 e. The number of amides is 1. The average Bonchev–Trinajstić information content (AvgIpc) is 2.23. The summed E-state index contributed by atoms with van der Waals surface area (Å²) >= 11 is 3.22. The molecule has 0 aliphatic rings. The van der Waals surface area contributed by atoms with Crippen molar-refractivity contribution in [3.63, 3.8) is 0 Å². The second-order valence-corrected chi connectivity index (χ2v) is 5.59. The molecule has 0 unspecified atom stereocenters. The number of carbonyl (C=O) groups excluding carboxylic acids is 2. The van der Waals surface area contributed by atoms with Gasteiger partial charge in [0.2, 0.25) is 0 Å². The first kappa shape index (κ1) is 14.6. The summed E-state index contributed by atoms with van der Waals surface area (Å²) in [6, 6.07) is 1.64. The van der Waals surface area contributed by atoms with Gasteiger partial charge in [-0.05, 0) is 42.8 Å². The summed E-state index contributed by atoms with van der Waals surface area (Å²) in [5.41, 5.74) is -0.148. The van der Waals surface area contributed by atoms with Crippen LogP contribution in [-0.2, 0) is 4.74 Å². The fourth-order valence-corrected chi connectivity index (χ4v) is 1.50. The molecule has 0 spiro atoms. The SMILES string of the molecule is CC(C)(C)OC(=O)NCC(=O)c1cncc(Br)c1. The Kier molecular flexibility index (Phi) is 4.84. The predicted molar refractivity (Wildman–Crippen MR) is 70.5 cm³/mol. The minimum Gasteiger partial charge on any atom is -0.444 e. The highest BCUT2D eigenvalue weighted by molar-refractivity contribution is 9.10. The topological polar surface area (TPSA) is 68.3 Å². The number of ketones is 1. The van der Waals surface area contributed by atoms with Crippen LogP contribution in [0, 0.1) is 0 Å². The van der Waals surface area contributed by atoms with Gasteiger partial charge in [0.25, 0.3) is 0 Å². The zero-order valence-electron chi connectivity index (χ0n) is 10.5. The number of halogens is 1. The highest BCUT2D eigenvalue weighted by Gasteiger charge is 2.17. The van der Waals surface area contributed by atoms with Gasteiger partial charge in [0.05, 0.1) is 6.54 Å². The molecule has 18 heavy (non-hydrogen) atoms. The van der Waals surface area contributed by atoms with Gasteiger partial charge in [0.15, 0.2) is 5.78 Å². The molecular formula is C12H15BrN2O3. The standard InChI is InChI=1S/C12H15BrN2O3/c1-12(2,3)18-11(17)15-7-10(16)8-4-9(13)6-14-5-8/h4-6H,7H2,1-3H3,(H,15,17). The number of hydrogen-bond acceptors (Lipinski definition) is 4. The van der Waals surface area contributed by atoms with Crippen LogP contribution in [-0.4, -0.2) is 29.0 Å². The number of nitrogens with zero attached hydrogens (tertiary/aromatic N) is 1. The van der Waals surface area contributed by atoms with Crippen molar-refractivity contribution in [1.82, 2.24) is 10.3 Å². The van der Waals surface area contributed by atoms with Crippen LogP contribution < -0.4 is 5.32 Å². The number of rotatable bonds is 3. The van der Waals surface area contributed by atoms with Gasteiger partial charge in [-0.1, -0.05) is 0 Å². The zero-order valence-corrected chi connectivity index (χ0v) is 12.1. The number of carbonyl (C=O) groups is 2. The number of alkyl carbamates (subject to hydrolysis) is 1. The summed E-state index contributed by atoms with van der Waals surface area (Å²) in [6.07, 6.45) is 2.42. The van der Waals surface area contributed by atoms with Crippen LogP contribution in [0.2, 0.25) is 0 Å². The molecule has 1 N–H and O–H groups in total. The van der Waals surface area contributed by atoms with E-state index in [1.807, 2.05) is 0 Å². The number of aromatic nitrogens is 1. The second kappa shape index (κ2) is 5.95. The number of hydrogen-bond donors (Lipinski definition) is 1. The average molecular weight is 315 g/mol. The molecule has 0 bridgehead atoms. The molecule has 0 saturated carbocycles. The fraction of sp³-hybridized carbons (Fsp3) is 0.417. The number of pyridine rings is 1. The summed E-state index contributed by atoms with van der Waals surface area (Å²) in [7, 11) is 0. The highest BCUT2D eigenvalue weighted by atomic mass is 79.9. The minimum absolute atomic E-state index is 0.118. The van der Waals surface area contributed by atoms with Gasteiger partial charge >= 0.3 is 6.09 Å². The van der Waals surface area contributed by atoms with Crippen molar-refractivity contribution in [1.29, 1.82) is 0 Å². The summed E-state index contributed by atoms with van der Waals surface area (Å²) in [4.78, 5) is 27.0. The fourth-order valence-electron chi connectivity index (χ4n) is 1.13. The maximum absolute atomic E-state index is 11.7. The Labute approximate surface area is 114 Å². The molecule has 1 aromatic rings. The molecule has 0 fully saturated rings. The van der Waals surface area contributed by atoms with Crippen LogP contribution in [0.5, 0.6) is 0 Å².